The first kappa shape index (κ1) is 25.0. The Bertz CT molecular complexity index is 1780. The number of methoxy groups -OCH3 is 2. The standard InChI is InChI=1S/C14H10BrN3O.C14H11N3O2/c1-19-10-4-5-12-11(7-10)13(15)18-14(17-12)9-3-2-6-16-8-9;1-19-10-4-5-12-11(7-10)14(18)17-13(16-12)9-3-2-6-15-8-9/h2-8H,1H3;2-8H,1H3,(H,16,17,18). The molecule has 6 aromatic rings. The maximum absolute atomic E-state index is 12.1. The van der Waals surface area contributed by atoms with Crippen LogP contribution in [0.1, 0.15) is 0 Å². The van der Waals surface area contributed by atoms with E-state index in [1.54, 1.807) is 63.3 Å². The van der Waals surface area contributed by atoms with Crippen LogP contribution in [0.15, 0.2) is 94.8 Å². The summed E-state index contributed by atoms with van der Waals surface area (Å²) in [4.78, 5) is 36.4. The van der Waals surface area contributed by atoms with Gasteiger partial charge < -0.3 is 14.5 Å². The lowest BCUT2D eigenvalue weighted by Gasteiger charge is -2.06. The molecule has 4 aromatic heterocycles. The fourth-order valence-electron chi connectivity index (χ4n) is 3.71. The number of ether oxygens (including phenoxy) is 2. The van der Waals surface area contributed by atoms with E-state index in [0.717, 1.165) is 32.4 Å². The second-order valence-corrected chi connectivity index (χ2v) is 8.75. The number of nitrogens with one attached hydrogen (secondary N) is 1. The number of benzene rings is 2. The van der Waals surface area contributed by atoms with Crippen molar-refractivity contribution in [3.8, 4) is 34.3 Å². The Morgan fingerprint density at radius 3 is 1.95 bits per heavy atom. The Morgan fingerprint density at radius 1 is 0.737 bits per heavy atom. The fraction of sp³-hybridized carbons (Fsp3) is 0.0714. The van der Waals surface area contributed by atoms with Crippen molar-refractivity contribution in [3.63, 3.8) is 0 Å². The van der Waals surface area contributed by atoms with Crippen molar-refractivity contribution < 1.29 is 9.47 Å². The zero-order valence-corrected chi connectivity index (χ0v) is 22.0. The number of hydrogen-bond donors (Lipinski definition) is 1. The highest BCUT2D eigenvalue weighted by Crippen LogP contribution is 2.28. The average Bonchev–Trinajstić information content (AvgIpc) is 2.98. The highest BCUT2D eigenvalue weighted by atomic mass is 79.9. The van der Waals surface area contributed by atoms with Gasteiger partial charge in [-0.1, -0.05) is 0 Å². The van der Waals surface area contributed by atoms with E-state index in [0.29, 0.717) is 28.3 Å². The molecule has 0 aliphatic rings. The van der Waals surface area contributed by atoms with Crippen molar-refractivity contribution in [3.05, 3.63) is 100 Å². The molecule has 4 heterocycles. The van der Waals surface area contributed by atoms with Crippen LogP contribution in [0.4, 0.5) is 0 Å². The Morgan fingerprint density at radius 2 is 1.34 bits per heavy atom. The molecule has 0 aliphatic heterocycles. The van der Waals surface area contributed by atoms with Crippen LogP contribution in [0.3, 0.4) is 0 Å². The molecule has 0 bridgehead atoms. The molecule has 0 atom stereocenters. The fourth-order valence-corrected chi connectivity index (χ4v) is 4.19. The van der Waals surface area contributed by atoms with E-state index in [-0.39, 0.29) is 5.56 Å². The largest absolute Gasteiger partial charge is 0.497 e. The van der Waals surface area contributed by atoms with Crippen LogP contribution in [0.2, 0.25) is 0 Å². The van der Waals surface area contributed by atoms with E-state index >= 15 is 0 Å². The summed E-state index contributed by atoms with van der Waals surface area (Å²) < 4.78 is 11.1. The number of hydrogen-bond acceptors (Lipinski definition) is 8. The highest BCUT2D eigenvalue weighted by Gasteiger charge is 2.09. The van der Waals surface area contributed by atoms with Gasteiger partial charge in [0.25, 0.3) is 5.56 Å². The minimum atomic E-state index is -0.192. The first-order chi connectivity index (χ1) is 18.6. The van der Waals surface area contributed by atoms with Crippen molar-refractivity contribution in [2.75, 3.05) is 14.2 Å². The molecule has 10 heteroatoms. The minimum Gasteiger partial charge on any atom is -0.497 e. The van der Waals surface area contributed by atoms with Gasteiger partial charge in [0.05, 0.1) is 30.6 Å². The van der Waals surface area contributed by atoms with Gasteiger partial charge in [-0.3, -0.25) is 14.8 Å². The summed E-state index contributed by atoms with van der Waals surface area (Å²) in [5.41, 5.74) is 2.96. The lowest BCUT2D eigenvalue weighted by atomic mass is 10.2. The normalized spacial score (nSPS) is 10.6. The third-order valence-corrected chi connectivity index (χ3v) is 6.23. The van der Waals surface area contributed by atoms with Crippen molar-refractivity contribution in [2.24, 2.45) is 0 Å². The molecular weight excluding hydrogens is 548 g/mol. The van der Waals surface area contributed by atoms with Crippen LogP contribution in [0.25, 0.3) is 44.6 Å². The predicted octanol–water partition coefficient (Wildman–Crippen LogP) is 5.46. The molecular formula is C28H21BrN6O3. The van der Waals surface area contributed by atoms with Crippen LogP contribution >= 0.6 is 15.9 Å². The Balaban J connectivity index is 0.000000155. The number of halogens is 1. The van der Waals surface area contributed by atoms with Gasteiger partial charge >= 0.3 is 0 Å². The number of aromatic nitrogens is 6. The molecule has 1 N–H and O–H groups in total. The molecule has 6 rings (SSSR count). The maximum atomic E-state index is 12.1. The SMILES string of the molecule is COc1ccc2nc(-c3cccnc3)[nH]c(=O)c2c1.COc1ccc2nc(-c3cccnc3)nc(Br)c2c1. The van der Waals surface area contributed by atoms with E-state index < -0.39 is 0 Å². The molecule has 188 valence electrons. The van der Waals surface area contributed by atoms with Crippen molar-refractivity contribution in [2.45, 2.75) is 0 Å². The quantitative estimate of drug-likeness (QED) is 0.279. The number of aromatic amines is 1. The number of rotatable bonds is 4. The van der Waals surface area contributed by atoms with Crippen molar-refractivity contribution >= 4 is 37.7 Å². The molecule has 0 spiro atoms. The van der Waals surface area contributed by atoms with Crippen LogP contribution in [-0.4, -0.2) is 44.1 Å². The van der Waals surface area contributed by atoms with E-state index in [1.807, 2.05) is 36.4 Å². The Kier molecular flexibility index (Phi) is 7.32. The molecule has 0 saturated carbocycles. The number of H-pyrrole nitrogens is 1. The highest BCUT2D eigenvalue weighted by molar-refractivity contribution is 9.10. The van der Waals surface area contributed by atoms with Crippen LogP contribution in [0, 0.1) is 0 Å². The summed E-state index contributed by atoms with van der Waals surface area (Å²) in [6.45, 7) is 0. The summed E-state index contributed by atoms with van der Waals surface area (Å²) in [6, 6.07) is 18.4. The number of pyridine rings is 2. The molecule has 0 fully saturated rings. The smallest absolute Gasteiger partial charge is 0.259 e. The predicted molar refractivity (Wildman–Crippen MR) is 149 cm³/mol. The molecule has 9 nitrogen and oxygen atoms in total. The molecule has 38 heavy (non-hydrogen) atoms. The van der Waals surface area contributed by atoms with Crippen LogP contribution in [0.5, 0.6) is 11.5 Å². The first-order valence-electron chi connectivity index (χ1n) is 11.5. The molecule has 0 amide bonds. The second kappa shape index (κ2) is 11.1. The van der Waals surface area contributed by atoms with Gasteiger partial charge in [-0.2, -0.15) is 0 Å². The molecule has 0 aliphatic carbocycles. The Hall–Kier alpha value is -4.70. The summed E-state index contributed by atoms with van der Waals surface area (Å²) in [5, 5.41) is 1.43. The number of fused-ring (bicyclic) bond motifs is 2. The van der Waals surface area contributed by atoms with Crippen LogP contribution in [-0.2, 0) is 0 Å². The van der Waals surface area contributed by atoms with Gasteiger partial charge in [0.1, 0.15) is 21.9 Å². The first-order valence-corrected chi connectivity index (χ1v) is 12.2. The molecule has 0 saturated heterocycles. The third kappa shape index (κ3) is 5.35. The topological polar surface area (TPSA) is 116 Å². The van der Waals surface area contributed by atoms with E-state index in [1.165, 1.54) is 0 Å². The van der Waals surface area contributed by atoms with Gasteiger partial charge in [-0.15, -0.1) is 0 Å². The van der Waals surface area contributed by atoms with E-state index in [2.05, 4.69) is 45.8 Å². The van der Waals surface area contributed by atoms with Crippen molar-refractivity contribution in [1.29, 1.82) is 0 Å². The third-order valence-electron chi connectivity index (χ3n) is 5.62. The molecule has 0 unspecified atom stereocenters. The summed E-state index contributed by atoms with van der Waals surface area (Å²) in [7, 11) is 3.20. The maximum Gasteiger partial charge on any atom is 0.259 e. The monoisotopic (exact) mass is 568 g/mol. The lowest BCUT2D eigenvalue weighted by molar-refractivity contribution is 0.415. The van der Waals surface area contributed by atoms with E-state index in [9.17, 15) is 4.79 Å². The average molecular weight is 569 g/mol. The van der Waals surface area contributed by atoms with Gasteiger partial charge in [-0.25, -0.2) is 15.0 Å². The van der Waals surface area contributed by atoms with Gasteiger partial charge in [0, 0.05) is 41.3 Å². The summed E-state index contributed by atoms with van der Waals surface area (Å²) in [5.74, 6) is 2.58. The minimum absolute atomic E-state index is 0.192. The van der Waals surface area contributed by atoms with Crippen LogP contribution < -0.4 is 15.0 Å². The summed E-state index contributed by atoms with van der Waals surface area (Å²) >= 11 is 3.48. The summed E-state index contributed by atoms with van der Waals surface area (Å²) in [6.07, 6.45) is 6.81. The van der Waals surface area contributed by atoms with Gasteiger partial charge in [0.2, 0.25) is 0 Å². The van der Waals surface area contributed by atoms with Crippen molar-refractivity contribution in [1.82, 2.24) is 29.9 Å². The lowest BCUT2D eigenvalue weighted by Crippen LogP contribution is -2.09. The second-order valence-electron chi connectivity index (χ2n) is 8.00. The zero-order chi connectivity index (χ0) is 26.5. The van der Waals surface area contributed by atoms with E-state index in [4.69, 9.17) is 9.47 Å². The molecule has 2 aromatic carbocycles. The molecule has 0 radical (unpaired) electrons. The van der Waals surface area contributed by atoms with Gasteiger partial charge in [0.15, 0.2) is 5.82 Å². The zero-order valence-electron chi connectivity index (χ0n) is 20.4. The number of nitrogens with zero attached hydrogens (tertiary/aromatic N) is 5. The Labute approximate surface area is 225 Å². The van der Waals surface area contributed by atoms with Gasteiger partial charge in [-0.05, 0) is 76.6 Å².